The molecule has 13 heteroatoms. The number of hydrogen-bond donors (Lipinski definition) is 0. The Kier molecular flexibility index (Phi) is 5.98. The summed E-state index contributed by atoms with van der Waals surface area (Å²) in [7, 11) is -1.67. The Morgan fingerprint density at radius 2 is 1.88 bits per heavy atom. The van der Waals surface area contributed by atoms with Gasteiger partial charge in [-0.3, -0.25) is 0 Å². The summed E-state index contributed by atoms with van der Waals surface area (Å²) in [5.41, 5.74) is 1.19. The highest BCUT2D eigenvalue weighted by Crippen LogP contribution is 2.69. The van der Waals surface area contributed by atoms with Gasteiger partial charge >= 0.3 is 0 Å². The van der Waals surface area contributed by atoms with Gasteiger partial charge in [0.05, 0.1) is 40.9 Å². The standard InChI is InChI=1S/C27H27F2N7O3S/c1-26(2)16-8-10-27(26,24-15(16)12-19(33-34-24)23-17(28)6-5-7-18(23)29)20-13-22(39-3)32-25(31-20)36-14-30-21(35-36)9-11-40(4,37)38/h5-7,12-14,16H,8-11H2,1-4H3/t16-,27+/m0/s1. The highest BCUT2D eigenvalue weighted by Gasteiger charge is 2.65. The van der Waals surface area contributed by atoms with E-state index in [2.05, 4.69) is 39.1 Å². The second-order valence-electron chi connectivity index (χ2n) is 10.9. The van der Waals surface area contributed by atoms with E-state index in [1.807, 2.05) is 0 Å². The molecule has 0 N–H and O–H groups in total. The van der Waals surface area contributed by atoms with Crippen LogP contribution < -0.4 is 4.74 Å². The molecule has 3 aromatic heterocycles. The van der Waals surface area contributed by atoms with Crippen LogP contribution in [0, 0.1) is 17.0 Å². The van der Waals surface area contributed by atoms with Gasteiger partial charge in [0.25, 0.3) is 5.95 Å². The Morgan fingerprint density at radius 1 is 1.12 bits per heavy atom. The third kappa shape index (κ3) is 3.97. The molecule has 2 atom stereocenters. The van der Waals surface area contributed by atoms with Gasteiger partial charge in [-0.15, -0.1) is 10.2 Å². The van der Waals surface area contributed by atoms with Crippen molar-refractivity contribution < 1.29 is 21.9 Å². The van der Waals surface area contributed by atoms with Crippen molar-refractivity contribution in [1.29, 1.82) is 0 Å². The SMILES string of the molecule is COc1cc([C@]23CC[C@@H](c4cc(-c5c(F)cccc5F)nnc42)C3(C)C)nc(-n2cnc(CCS(C)(=O)=O)n2)n1. The average molecular weight is 568 g/mol. The summed E-state index contributed by atoms with van der Waals surface area (Å²) in [5, 5.41) is 13.2. The molecule has 1 saturated carbocycles. The van der Waals surface area contributed by atoms with E-state index < -0.39 is 26.9 Å². The Balaban J connectivity index is 1.46. The molecule has 208 valence electrons. The van der Waals surface area contributed by atoms with E-state index >= 15 is 0 Å². The number of methoxy groups -OCH3 is 1. The number of sulfone groups is 1. The fourth-order valence-electron chi connectivity index (χ4n) is 6.38. The van der Waals surface area contributed by atoms with Crippen LogP contribution in [0.15, 0.2) is 36.7 Å². The molecule has 0 saturated heterocycles. The van der Waals surface area contributed by atoms with Crippen molar-refractivity contribution in [2.45, 2.75) is 44.4 Å². The van der Waals surface area contributed by atoms with E-state index in [9.17, 15) is 17.2 Å². The van der Waals surface area contributed by atoms with E-state index in [0.29, 0.717) is 23.1 Å². The van der Waals surface area contributed by atoms with Crippen molar-refractivity contribution in [2.75, 3.05) is 19.1 Å². The van der Waals surface area contributed by atoms with Gasteiger partial charge in [0.1, 0.15) is 27.8 Å². The molecular formula is C27H27F2N7O3S. The van der Waals surface area contributed by atoms with Gasteiger partial charge in [-0.2, -0.15) is 14.8 Å². The van der Waals surface area contributed by atoms with Gasteiger partial charge < -0.3 is 4.74 Å². The topological polar surface area (TPSA) is 126 Å². The molecule has 1 fully saturated rings. The molecule has 0 spiro atoms. The van der Waals surface area contributed by atoms with Crippen LogP contribution in [-0.2, 0) is 21.7 Å². The Bertz CT molecular complexity index is 1740. The summed E-state index contributed by atoms with van der Waals surface area (Å²) in [4.78, 5) is 13.6. The van der Waals surface area contributed by atoms with Gasteiger partial charge in [0, 0.05) is 18.7 Å². The van der Waals surface area contributed by atoms with Crippen molar-refractivity contribution in [2.24, 2.45) is 5.41 Å². The smallest absolute Gasteiger partial charge is 0.255 e. The number of aromatic nitrogens is 7. The second kappa shape index (κ2) is 9.08. The minimum atomic E-state index is -3.18. The first-order chi connectivity index (χ1) is 18.9. The molecule has 0 aliphatic heterocycles. The predicted molar refractivity (Wildman–Crippen MR) is 141 cm³/mol. The van der Waals surface area contributed by atoms with Crippen LogP contribution in [0.2, 0.25) is 0 Å². The van der Waals surface area contributed by atoms with Crippen LogP contribution in [0.1, 0.15) is 55.4 Å². The van der Waals surface area contributed by atoms with E-state index in [-0.39, 0.29) is 40.7 Å². The lowest BCUT2D eigenvalue weighted by atomic mass is 9.66. The average Bonchev–Trinajstić information content (AvgIpc) is 3.54. The van der Waals surface area contributed by atoms with Crippen molar-refractivity contribution in [3.8, 4) is 23.1 Å². The lowest BCUT2D eigenvalue weighted by Crippen LogP contribution is -2.38. The predicted octanol–water partition coefficient (Wildman–Crippen LogP) is 3.59. The highest BCUT2D eigenvalue weighted by atomic mass is 32.2. The van der Waals surface area contributed by atoms with E-state index in [0.717, 1.165) is 24.7 Å². The molecule has 2 aliphatic carbocycles. The first-order valence-corrected chi connectivity index (χ1v) is 14.9. The molecule has 1 aromatic carbocycles. The molecule has 2 bridgehead atoms. The Morgan fingerprint density at radius 3 is 2.58 bits per heavy atom. The minimum absolute atomic E-state index is 0.0601. The fraction of sp³-hybridized carbons (Fsp3) is 0.407. The summed E-state index contributed by atoms with van der Waals surface area (Å²) >= 11 is 0. The van der Waals surface area contributed by atoms with Crippen molar-refractivity contribution >= 4 is 9.84 Å². The molecule has 4 aromatic rings. The molecule has 0 amide bonds. The zero-order valence-corrected chi connectivity index (χ0v) is 23.2. The number of fused-ring (bicyclic) bond motifs is 5. The molecule has 0 unspecified atom stereocenters. The van der Waals surface area contributed by atoms with E-state index in [1.54, 1.807) is 12.1 Å². The van der Waals surface area contributed by atoms with Gasteiger partial charge in [0.2, 0.25) is 5.88 Å². The molecule has 0 radical (unpaired) electrons. The lowest BCUT2D eigenvalue weighted by molar-refractivity contribution is 0.241. The van der Waals surface area contributed by atoms with Gasteiger partial charge in [-0.25, -0.2) is 27.2 Å². The van der Waals surface area contributed by atoms with Crippen molar-refractivity contribution in [3.63, 3.8) is 0 Å². The number of hydrogen-bond acceptors (Lipinski definition) is 9. The number of aryl methyl sites for hydroxylation is 1. The van der Waals surface area contributed by atoms with Gasteiger partial charge in [-0.05, 0) is 47.9 Å². The zero-order valence-electron chi connectivity index (χ0n) is 22.4. The zero-order chi connectivity index (χ0) is 28.4. The van der Waals surface area contributed by atoms with Crippen LogP contribution in [0.5, 0.6) is 5.88 Å². The maximum Gasteiger partial charge on any atom is 0.255 e. The number of ether oxygens (including phenoxy) is 1. The highest BCUT2D eigenvalue weighted by molar-refractivity contribution is 7.90. The van der Waals surface area contributed by atoms with Crippen LogP contribution in [0.3, 0.4) is 0 Å². The Labute approximate surface area is 229 Å². The van der Waals surface area contributed by atoms with Crippen LogP contribution >= 0.6 is 0 Å². The monoisotopic (exact) mass is 567 g/mol. The summed E-state index contributed by atoms with van der Waals surface area (Å²) in [5.74, 6) is -0.525. The lowest BCUT2D eigenvalue weighted by Gasteiger charge is -2.37. The second-order valence-corrected chi connectivity index (χ2v) is 13.2. The van der Waals surface area contributed by atoms with E-state index in [1.165, 1.54) is 36.3 Å². The molecule has 40 heavy (non-hydrogen) atoms. The van der Waals surface area contributed by atoms with Crippen LogP contribution in [-0.4, -0.2) is 62.5 Å². The molecular weight excluding hydrogens is 540 g/mol. The minimum Gasteiger partial charge on any atom is -0.481 e. The number of rotatable bonds is 7. The summed E-state index contributed by atoms with van der Waals surface area (Å²) in [6, 6.07) is 7.25. The maximum absolute atomic E-state index is 14.6. The largest absolute Gasteiger partial charge is 0.481 e. The van der Waals surface area contributed by atoms with E-state index in [4.69, 9.17) is 9.72 Å². The number of nitrogens with zero attached hydrogens (tertiary/aromatic N) is 7. The first-order valence-electron chi connectivity index (χ1n) is 12.8. The molecule has 10 nitrogen and oxygen atoms in total. The van der Waals surface area contributed by atoms with Gasteiger partial charge in [0.15, 0.2) is 5.82 Å². The third-order valence-electron chi connectivity index (χ3n) is 8.38. The van der Waals surface area contributed by atoms with Gasteiger partial charge in [-0.1, -0.05) is 19.9 Å². The molecule has 6 rings (SSSR count). The summed E-state index contributed by atoms with van der Waals surface area (Å²) < 4.78 is 59.2. The van der Waals surface area contributed by atoms with Crippen molar-refractivity contribution in [1.82, 2.24) is 34.9 Å². The summed E-state index contributed by atoms with van der Waals surface area (Å²) in [6.07, 6.45) is 4.32. The number of benzene rings is 1. The first kappa shape index (κ1) is 26.4. The normalized spacial score (nSPS) is 21.0. The van der Waals surface area contributed by atoms with Crippen LogP contribution in [0.25, 0.3) is 17.2 Å². The number of halogens is 2. The Hall–Kier alpha value is -3.87. The maximum atomic E-state index is 14.6. The third-order valence-corrected chi connectivity index (χ3v) is 9.32. The van der Waals surface area contributed by atoms with Crippen molar-refractivity contribution in [3.05, 3.63) is 71.1 Å². The quantitative estimate of drug-likeness (QED) is 0.329. The summed E-state index contributed by atoms with van der Waals surface area (Å²) in [6.45, 7) is 4.28. The fourth-order valence-corrected chi connectivity index (χ4v) is 6.93. The molecule has 2 aliphatic rings. The molecule has 3 heterocycles. The van der Waals surface area contributed by atoms with Crippen LogP contribution in [0.4, 0.5) is 8.78 Å².